The number of anilines is 1. The van der Waals surface area contributed by atoms with Crippen molar-refractivity contribution in [2.45, 2.75) is 25.4 Å². The zero-order chi connectivity index (χ0) is 24.9. The van der Waals surface area contributed by atoms with E-state index in [2.05, 4.69) is 9.97 Å². The van der Waals surface area contributed by atoms with Crippen molar-refractivity contribution in [3.8, 4) is 0 Å². The van der Waals surface area contributed by atoms with E-state index in [0.29, 0.717) is 37.8 Å². The number of rotatable bonds is 9. The van der Waals surface area contributed by atoms with Gasteiger partial charge in [0.15, 0.2) is 0 Å². The third-order valence-corrected chi connectivity index (χ3v) is 6.37. The molecule has 1 fully saturated rings. The van der Waals surface area contributed by atoms with E-state index in [4.69, 9.17) is 16.2 Å². The smallest absolute Gasteiger partial charge is 0.251 e. The second kappa shape index (κ2) is 10.5. The summed E-state index contributed by atoms with van der Waals surface area (Å²) in [5.74, 6) is -0.550. The maximum atomic E-state index is 12.6. The zero-order valence-electron chi connectivity index (χ0n) is 19.6. The molecule has 0 atom stereocenters. The van der Waals surface area contributed by atoms with Crippen molar-refractivity contribution in [2.24, 2.45) is 11.5 Å². The SMILES string of the molecule is CN(C(=O)COCCn1ccc2ccc(C(N)=O)cc21)C1CCN(c2ncc(C(N)=O)cn2)CC1. The predicted molar refractivity (Wildman–Crippen MR) is 130 cm³/mol. The molecule has 11 heteroatoms. The summed E-state index contributed by atoms with van der Waals surface area (Å²) in [7, 11) is 1.80. The highest BCUT2D eigenvalue weighted by Gasteiger charge is 2.26. The first kappa shape index (κ1) is 24.1. The lowest BCUT2D eigenvalue weighted by Gasteiger charge is -2.36. The van der Waals surface area contributed by atoms with Gasteiger partial charge in [0.1, 0.15) is 6.61 Å². The third kappa shape index (κ3) is 5.57. The van der Waals surface area contributed by atoms with Crippen LogP contribution in [0.3, 0.4) is 0 Å². The lowest BCUT2D eigenvalue weighted by atomic mass is 10.0. The summed E-state index contributed by atoms with van der Waals surface area (Å²) in [6, 6.07) is 7.39. The van der Waals surface area contributed by atoms with Crippen molar-refractivity contribution in [2.75, 3.05) is 38.3 Å². The van der Waals surface area contributed by atoms with Gasteiger partial charge >= 0.3 is 0 Å². The average Bonchev–Trinajstić information content (AvgIpc) is 3.28. The van der Waals surface area contributed by atoms with Gasteiger partial charge in [-0.2, -0.15) is 0 Å². The lowest BCUT2D eigenvalue weighted by Crippen LogP contribution is -2.47. The van der Waals surface area contributed by atoms with Gasteiger partial charge in [-0.05, 0) is 36.4 Å². The number of nitrogens with two attached hydrogens (primary N) is 2. The van der Waals surface area contributed by atoms with E-state index in [1.165, 1.54) is 12.4 Å². The number of carbonyl (C=O) groups is 3. The van der Waals surface area contributed by atoms with Crippen molar-refractivity contribution >= 4 is 34.6 Å². The second-order valence-corrected chi connectivity index (χ2v) is 8.56. The number of ether oxygens (including phenoxy) is 1. The lowest BCUT2D eigenvalue weighted by molar-refractivity contribution is -0.137. The fourth-order valence-corrected chi connectivity index (χ4v) is 4.22. The molecule has 1 aromatic carbocycles. The highest BCUT2D eigenvalue weighted by Crippen LogP contribution is 2.20. The van der Waals surface area contributed by atoms with Gasteiger partial charge in [0.2, 0.25) is 17.8 Å². The number of hydrogen-bond acceptors (Lipinski definition) is 7. The number of aromatic nitrogens is 3. The summed E-state index contributed by atoms with van der Waals surface area (Å²) >= 11 is 0. The number of carbonyl (C=O) groups excluding carboxylic acids is 3. The van der Waals surface area contributed by atoms with Gasteiger partial charge in [0.25, 0.3) is 5.91 Å². The highest BCUT2D eigenvalue weighted by atomic mass is 16.5. The van der Waals surface area contributed by atoms with Crippen LogP contribution in [-0.2, 0) is 16.1 Å². The molecule has 3 aromatic rings. The summed E-state index contributed by atoms with van der Waals surface area (Å²) in [6.45, 7) is 2.32. The number of piperidine rings is 1. The summed E-state index contributed by atoms with van der Waals surface area (Å²) in [6.07, 6.45) is 6.33. The summed E-state index contributed by atoms with van der Waals surface area (Å²) < 4.78 is 7.63. The van der Waals surface area contributed by atoms with E-state index in [9.17, 15) is 14.4 Å². The minimum Gasteiger partial charge on any atom is -0.370 e. The van der Waals surface area contributed by atoms with Crippen LogP contribution in [0.5, 0.6) is 0 Å². The maximum absolute atomic E-state index is 12.6. The maximum Gasteiger partial charge on any atom is 0.251 e. The molecule has 0 aliphatic carbocycles. The van der Waals surface area contributed by atoms with Crippen molar-refractivity contribution in [1.29, 1.82) is 0 Å². The first-order valence-corrected chi connectivity index (χ1v) is 11.4. The molecule has 0 radical (unpaired) electrons. The molecule has 3 amide bonds. The zero-order valence-corrected chi connectivity index (χ0v) is 19.6. The van der Waals surface area contributed by atoms with Crippen LogP contribution in [0.4, 0.5) is 5.95 Å². The average molecular weight is 480 g/mol. The van der Waals surface area contributed by atoms with E-state index >= 15 is 0 Å². The largest absolute Gasteiger partial charge is 0.370 e. The predicted octanol–water partition coefficient (Wildman–Crippen LogP) is 0.773. The van der Waals surface area contributed by atoms with Crippen LogP contribution in [0.25, 0.3) is 10.9 Å². The first-order valence-electron chi connectivity index (χ1n) is 11.4. The van der Waals surface area contributed by atoms with Gasteiger partial charge in [-0.3, -0.25) is 14.4 Å². The molecule has 1 saturated heterocycles. The minimum atomic E-state index is -0.559. The third-order valence-electron chi connectivity index (χ3n) is 6.37. The minimum absolute atomic E-state index is 0.000141. The molecule has 2 aromatic heterocycles. The number of nitrogens with zero attached hydrogens (tertiary/aromatic N) is 5. The van der Waals surface area contributed by atoms with Crippen LogP contribution in [0, 0.1) is 0 Å². The molecule has 0 unspecified atom stereocenters. The van der Waals surface area contributed by atoms with Crippen molar-refractivity contribution in [1.82, 2.24) is 19.4 Å². The Bertz CT molecular complexity index is 1220. The normalized spacial score (nSPS) is 14.3. The number of fused-ring (bicyclic) bond motifs is 1. The Morgan fingerprint density at radius 1 is 1.06 bits per heavy atom. The van der Waals surface area contributed by atoms with Crippen LogP contribution in [0.2, 0.25) is 0 Å². The van der Waals surface area contributed by atoms with Crippen LogP contribution < -0.4 is 16.4 Å². The molecule has 4 N–H and O–H groups in total. The Balaban J connectivity index is 1.22. The van der Waals surface area contributed by atoms with E-state index < -0.39 is 11.8 Å². The molecule has 184 valence electrons. The molecule has 0 saturated carbocycles. The molecular weight excluding hydrogens is 450 g/mol. The Labute approximate surface area is 202 Å². The fourth-order valence-electron chi connectivity index (χ4n) is 4.22. The molecule has 0 spiro atoms. The first-order chi connectivity index (χ1) is 16.8. The van der Waals surface area contributed by atoms with Crippen LogP contribution >= 0.6 is 0 Å². The van der Waals surface area contributed by atoms with E-state index in [1.807, 2.05) is 27.8 Å². The fraction of sp³-hybridized carbons (Fsp3) is 0.375. The molecule has 4 rings (SSSR count). The number of primary amides is 2. The second-order valence-electron chi connectivity index (χ2n) is 8.56. The van der Waals surface area contributed by atoms with Crippen LogP contribution in [0.15, 0.2) is 42.9 Å². The molecule has 1 aliphatic rings. The summed E-state index contributed by atoms with van der Waals surface area (Å²) in [5.41, 5.74) is 12.2. The van der Waals surface area contributed by atoms with Crippen molar-refractivity contribution in [3.05, 3.63) is 54.0 Å². The quantitative estimate of drug-likeness (QED) is 0.431. The van der Waals surface area contributed by atoms with E-state index in [-0.39, 0.29) is 24.1 Å². The van der Waals surface area contributed by atoms with E-state index in [1.54, 1.807) is 24.1 Å². The molecule has 3 heterocycles. The van der Waals surface area contributed by atoms with Gasteiger partial charge in [0, 0.05) is 62.4 Å². The van der Waals surface area contributed by atoms with Gasteiger partial charge in [-0.15, -0.1) is 0 Å². The molecule has 0 bridgehead atoms. The van der Waals surface area contributed by atoms with Gasteiger partial charge < -0.3 is 30.6 Å². The summed E-state index contributed by atoms with van der Waals surface area (Å²) in [5, 5.41) is 1.01. The Kier molecular flexibility index (Phi) is 7.25. The monoisotopic (exact) mass is 479 g/mol. The van der Waals surface area contributed by atoms with Crippen molar-refractivity contribution in [3.63, 3.8) is 0 Å². The topological polar surface area (TPSA) is 150 Å². The molecule has 11 nitrogen and oxygen atoms in total. The molecule has 1 aliphatic heterocycles. The molecule has 35 heavy (non-hydrogen) atoms. The number of amides is 3. The van der Waals surface area contributed by atoms with Gasteiger partial charge in [0.05, 0.1) is 12.2 Å². The van der Waals surface area contributed by atoms with E-state index in [0.717, 1.165) is 23.7 Å². The van der Waals surface area contributed by atoms with Crippen molar-refractivity contribution < 1.29 is 19.1 Å². The Morgan fingerprint density at radius 3 is 2.40 bits per heavy atom. The number of hydrogen-bond donors (Lipinski definition) is 2. The van der Waals surface area contributed by atoms with Crippen LogP contribution in [-0.4, -0.2) is 76.5 Å². The van der Waals surface area contributed by atoms with Gasteiger partial charge in [-0.1, -0.05) is 6.07 Å². The Hall–Kier alpha value is -3.99. The van der Waals surface area contributed by atoms with Gasteiger partial charge in [-0.25, -0.2) is 9.97 Å². The van der Waals surface area contributed by atoms with Crippen LogP contribution in [0.1, 0.15) is 33.6 Å². The molecular formula is C24H29N7O4. The highest BCUT2D eigenvalue weighted by molar-refractivity contribution is 5.97. The Morgan fingerprint density at radius 2 is 1.74 bits per heavy atom. The standard InChI is InChI=1S/C24H29N7O4/c1-29(19-5-8-31(9-6-19)24-27-13-18(14-28-24)23(26)34)21(32)15-35-11-10-30-7-4-16-2-3-17(22(25)33)12-20(16)30/h2-4,7,12-14,19H,5-6,8-11,15H2,1H3,(H2,25,33)(H2,26,34). The number of likely N-dealkylation sites (N-methyl/N-ethyl adjacent to an activating group) is 1. The summed E-state index contributed by atoms with van der Waals surface area (Å²) in [4.78, 5) is 47.5. The number of benzene rings is 1.